The second kappa shape index (κ2) is 18.6. The Morgan fingerprint density at radius 1 is 0.746 bits per heavy atom. The summed E-state index contributed by atoms with van der Waals surface area (Å²) in [7, 11) is -9.58. The van der Waals surface area contributed by atoms with Crippen molar-refractivity contribution in [2.75, 3.05) is 16.0 Å². The number of amides is 1. The smallest absolute Gasteiger partial charge is 0.296 e. The van der Waals surface area contributed by atoms with Gasteiger partial charge in [-0.2, -0.15) is 31.8 Å². The largest absolute Gasteiger partial charge is 0.505 e. The molecule has 0 spiro atoms. The fraction of sp³-hybridized carbons (Fsp3) is 0. The highest BCUT2D eigenvalue weighted by Gasteiger charge is 2.25. The molecule has 0 radical (unpaired) electrons. The van der Waals surface area contributed by atoms with Gasteiger partial charge in [0.05, 0.1) is 39.6 Å². The molecule has 0 aliphatic carbocycles. The van der Waals surface area contributed by atoms with Crippen LogP contribution in [0, 0.1) is 0 Å². The van der Waals surface area contributed by atoms with Crippen molar-refractivity contribution < 1.29 is 65.1 Å². The summed E-state index contributed by atoms with van der Waals surface area (Å²) in [6.45, 7) is 0. The maximum atomic E-state index is 13.2. The number of nitrogens with one attached hydrogen (secondary N) is 3. The number of hydrogen-bond acceptors (Lipinski definition) is 21. The van der Waals surface area contributed by atoms with Crippen molar-refractivity contribution in [3.05, 3.63) is 102 Å². The van der Waals surface area contributed by atoms with Crippen molar-refractivity contribution in [2.24, 2.45) is 10.2 Å². The predicted octanol–water partition coefficient (Wildman–Crippen LogP) is 7.89. The maximum absolute atomic E-state index is 13.2. The van der Waals surface area contributed by atoms with Crippen molar-refractivity contribution in [1.29, 1.82) is 0 Å². The molecule has 1 heterocycles. The first-order valence-corrected chi connectivity index (χ1v) is 20.4. The lowest BCUT2D eigenvalue weighted by Crippen LogP contribution is -2.12. The topological polar surface area (TPSA) is 323 Å². The molecule has 6 rings (SSSR count). The molecule has 8 N–H and O–H groups in total. The first-order chi connectivity index (χ1) is 28.1. The summed E-state index contributed by atoms with van der Waals surface area (Å²) in [5.41, 5.74) is -0.258. The molecule has 0 saturated carbocycles. The molecule has 5 aromatic carbocycles. The Kier molecular flexibility index (Phi) is 13.5. The summed E-state index contributed by atoms with van der Waals surface area (Å²) in [5, 5.41) is 52.3. The molecule has 22 nitrogen and oxygen atoms in total. The highest BCUT2D eigenvalue weighted by Crippen LogP contribution is 2.46. The third-order valence-corrected chi connectivity index (χ3v) is 10.6. The molecule has 27 heteroatoms. The number of phenolic OH excluding ortho intramolecular Hbond substituents is 1. The van der Waals surface area contributed by atoms with E-state index < -0.39 is 42.5 Å². The predicted molar refractivity (Wildman–Crippen MR) is 209 cm³/mol. The Hall–Kier alpha value is -5.59. The third kappa shape index (κ3) is 10.9. The number of nitrogens with zero attached hydrogens (tertiary/aromatic N) is 5. The van der Waals surface area contributed by atoms with Gasteiger partial charge in [0, 0.05) is 27.2 Å². The molecule has 0 fully saturated rings. The van der Waals surface area contributed by atoms with Gasteiger partial charge >= 0.3 is 0 Å². The van der Waals surface area contributed by atoms with Crippen LogP contribution in [0.25, 0.3) is 10.8 Å². The standard InChI is InChI=1S/C32H23ClN8O14S4/c33-30-37-31(34-18-6-9-21(10-7-18)58(46,47)48)39-32(38-30)35-19-8-11-24(57-55-53-45)22(14-19)40-41-27-25(59(49,50)51)13-17-12-20(56-54-52-44)15-23(26(17)28(27)42)36-29(43)16-4-2-1-3-5-16/h1-15,42,44-45H,(H,36,43)(H,46,47,48)(H,49,50,51)(H2,34,35,37,38,39). The molecule has 0 aliphatic heterocycles. The fourth-order valence-electron chi connectivity index (χ4n) is 5.07. The first kappa shape index (κ1) is 43.0. The number of benzene rings is 5. The Labute approximate surface area is 344 Å². The number of phenols is 1. The van der Waals surface area contributed by atoms with E-state index in [0.717, 1.165) is 18.2 Å². The van der Waals surface area contributed by atoms with Gasteiger partial charge in [-0.1, -0.05) is 28.3 Å². The Morgan fingerprint density at radius 2 is 1.39 bits per heavy atom. The van der Waals surface area contributed by atoms with Crippen LogP contribution in [0.3, 0.4) is 0 Å². The van der Waals surface area contributed by atoms with Gasteiger partial charge in [-0.25, -0.2) is 10.5 Å². The molecule has 0 aliphatic rings. The second-order valence-electron chi connectivity index (χ2n) is 11.3. The van der Waals surface area contributed by atoms with Gasteiger partial charge in [-0.3, -0.25) is 13.9 Å². The quantitative estimate of drug-likeness (QED) is 0.0150. The zero-order valence-electron chi connectivity index (χ0n) is 28.8. The van der Waals surface area contributed by atoms with Gasteiger partial charge in [0.25, 0.3) is 26.1 Å². The van der Waals surface area contributed by atoms with Crippen molar-refractivity contribution in [1.82, 2.24) is 15.0 Å². The van der Waals surface area contributed by atoms with Gasteiger partial charge in [-0.15, -0.1) is 18.9 Å². The number of fused-ring (bicyclic) bond motifs is 1. The molecule has 0 saturated heterocycles. The van der Waals surface area contributed by atoms with Crippen molar-refractivity contribution in [3.8, 4) is 5.75 Å². The van der Waals surface area contributed by atoms with E-state index in [0.29, 0.717) is 29.8 Å². The molecule has 1 aromatic heterocycles. The van der Waals surface area contributed by atoms with E-state index in [1.54, 1.807) is 18.2 Å². The molecule has 306 valence electrons. The summed E-state index contributed by atoms with van der Waals surface area (Å²) >= 11 is 7.02. The summed E-state index contributed by atoms with van der Waals surface area (Å²) in [6.07, 6.45) is 0. The van der Waals surface area contributed by atoms with Gasteiger partial charge in [0.2, 0.25) is 17.2 Å². The monoisotopic (exact) mass is 906 g/mol. The van der Waals surface area contributed by atoms with Crippen molar-refractivity contribution in [3.63, 3.8) is 0 Å². The third-order valence-electron chi connectivity index (χ3n) is 7.49. The summed E-state index contributed by atoms with van der Waals surface area (Å²) in [6, 6.07) is 20.6. The number of carbonyl (C=O) groups excluding carboxylic acids is 1. The molecular formula is C32H23ClN8O14S4. The Bertz CT molecular complexity index is 2790. The van der Waals surface area contributed by atoms with Crippen molar-refractivity contribution in [2.45, 2.75) is 19.6 Å². The van der Waals surface area contributed by atoms with Gasteiger partial charge in [0.15, 0.2) is 5.75 Å². The lowest BCUT2D eigenvalue weighted by atomic mass is 10.1. The van der Waals surface area contributed by atoms with E-state index >= 15 is 0 Å². The number of anilines is 5. The second-order valence-corrected chi connectivity index (χ2v) is 15.9. The van der Waals surface area contributed by atoms with Crippen LogP contribution in [0.1, 0.15) is 10.4 Å². The highest BCUT2D eigenvalue weighted by molar-refractivity contribution is 7.95. The summed E-state index contributed by atoms with van der Waals surface area (Å²) in [4.78, 5) is 24.4. The molecular weight excluding hydrogens is 884 g/mol. The highest BCUT2D eigenvalue weighted by atomic mass is 35.5. The molecule has 0 unspecified atom stereocenters. The van der Waals surface area contributed by atoms with Crippen LogP contribution in [-0.2, 0) is 39.0 Å². The van der Waals surface area contributed by atoms with Crippen LogP contribution in [0.5, 0.6) is 5.75 Å². The summed E-state index contributed by atoms with van der Waals surface area (Å²) in [5.74, 6) is -1.70. The number of aromatic nitrogens is 3. The molecule has 0 atom stereocenters. The van der Waals surface area contributed by atoms with Crippen LogP contribution < -0.4 is 16.0 Å². The lowest BCUT2D eigenvalue weighted by molar-refractivity contribution is -0.432. The number of halogens is 1. The van der Waals surface area contributed by atoms with Crippen molar-refractivity contribution >= 4 is 113 Å². The number of aromatic hydroxyl groups is 1. The number of rotatable bonds is 16. The van der Waals surface area contributed by atoms with E-state index in [2.05, 4.69) is 59.9 Å². The minimum absolute atomic E-state index is 0.0556. The average Bonchev–Trinajstić information content (AvgIpc) is 3.18. The van der Waals surface area contributed by atoms with Crippen LogP contribution in [-0.4, -0.2) is 62.4 Å². The van der Waals surface area contributed by atoms with Crippen LogP contribution >= 0.6 is 35.7 Å². The van der Waals surface area contributed by atoms with E-state index in [4.69, 9.17) is 22.1 Å². The van der Waals surface area contributed by atoms with E-state index in [1.165, 1.54) is 54.6 Å². The molecule has 59 heavy (non-hydrogen) atoms. The summed E-state index contributed by atoms with van der Waals surface area (Å²) < 4.78 is 76.7. The minimum atomic E-state index is -5.15. The van der Waals surface area contributed by atoms with E-state index in [1.807, 2.05) is 0 Å². The fourth-order valence-corrected chi connectivity index (χ4v) is 7.23. The van der Waals surface area contributed by atoms with Crippen LogP contribution in [0.2, 0.25) is 5.28 Å². The molecule has 1 amide bonds. The van der Waals surface area contributed by atoms with Gasteiger partial charge < -0.3 is 21.1 Å². The Balaban J connectivity index is 1.39. The van der Waals surface area contributed by atoms with Crippen LogP contribution in [0.4, 0.5) is 40.3 Å². The van der Waals surface area contributed by atoms with E-state index in [9.17, 15) is 35.8 Å². The molecule has 6 aromatic rings. The average molecular weight is 907 g/mol. The minimum Gasteiger partial charge on any atom is -0.505 e. The zero-order chi connectivity index (χ0) is 42.3. The number of azo groups is 1. The van der Waals surface area contributed by atoms with E-state index in [-0.39, 0.29) is 65.3 Å². The van der Waals surface area contributed by atoms with Gasteiger partial charge in [-0.05, 0) is 89.8 Å². The maximum Gasteiger partial charge on any atom is 0.296 e. The first-order valence-electron chi connectivity index (χ1n) is 15.7. The lowest BCUT2D eigenvalue weighted by Gasteiger charge is -2.15. The zero-order valence-corrected chi connectivity index (χ0v) is 32.8. The number of carbonyl (C=O) groups is 1. The van der Waals surface area contributed by atoms with Crippen LogP contribution in [0.15, 0.2) is 121 Å². The van der Waals surface area contributed by atoms with Gasteiger partial charge in [0.1, 0.15) is 16.3 Å². The number of hydrogen-bond donors (Lipinski definition) is 8. The molecule has 0 bridgehead atoms. The Morgan fingerprint density at radius 3 is 2.03 bits per heavy atom. The normalized spacial score (nSPS) is 11.9. The SMILES string of the molecule is O=C(Nc1cc(SOOO)cc2cc(S(=O)(=O)O)c(N=Nc3cc(Nc4nc(Cl)nc(Nc5ccc(S(=O)(=O)O)cc5)n4)ccc3SOOO)c(O)c12)c1ccccc1.